The van der Waals surface area contributed by atoms with Gasteiger partial charge in [0.1, 0.15) is 6.04 Å². The molecule has 0 fully saturated rings. The normalized spacial score (nSPS) is 15.0. The molecule has 7 nitrogen and oxygen atoms in total. The molecule has 0 saturated carbocycles. The smallest absolute Gasteiger partial charge is 0.417 e. The third kappa shape index (κ3) is 5.64. The summed E-state index contributed by atoms with van der Waals surface area (Å²) in [6.07, 6.45) is -1.75. The maximum absolute atomic E-state index is 14.2. The Bertz CT molecular complexity index is 1530. The number of amides is 3. The Labute approximate surface area is 235 Å². The number of benzene rings is 3. The lowest BCUT2D eigenvalue weighted by atomic mass is 9.95. The maximum Gasteiger partial charge on any atom is 0.417 e. The number of carbonyl (C=O) groups is 3. The van der Waals surface area contributed by atoms with E-state index in [2.05, 4.69) is 10.6 Å². The maximum atomic E-state index is 14.2. The molecule has 1 aliphatic carbocycles. The van der Waals surface area contributed by atoms with Gasteiger partial charge in [0.25, 0.3) is 5.91 Å². The monoisotopic (exact) mass is 565 g/mol. The molecular weight excluding hydrogens is 535 g/mol. The number of anilines is 2. The van der Waals surface area contributed by atoms with Gasteiger partial charge in [-0.3, -0.25) is 4.79 Å². The summed E-state index contributed by atoms with van der Waals surface area (Å²) in [5, 5.41) is 5.17. The molecule has 0 radical (unpaired) electrons. The number of nitrogens with one attached hydrogen (secondary N) is 2. The molecule has 1 aliphatic heterocycles. The molecule has 41 heavy (non-hydrogen) atoms. The highest BCUT2D eigenvalue weighted by molar-refractivity contribution is 6.02. The van der Waals surface area contributed by atoms with Gasteiger partial charge >= 0.3 is 18.2 Å². The minimum Gasteiger partial charge on any atom is -0.467 e. The molecule has 1 atom stereocenters. The lowest BCUT2D eigenvalue weighted by Gasteiger charge is -2.28. The minimum absolute atomic E-state index is 0.0269. The van der Waals surface area contributed by atoms with Gasteiger partial charge in [-0.25, -0.2) is 9.59 Å². The fourth-order valence-electron chi connectivity index (χ4n) is 5.65. The Hall–Kier alpha value is -4.34. The van der Waals surface area contributed by atoms with E-state index < -0.39 is 35.7 Å². The zero-order valence-corrected chi connectivity index (χ0v) is 22.9. The summed E-state index contributed by atoms with van der Waals surface area (Å²) in [5.41, 5.74) is 2.90. The Balaban J connectivity index is 1.39. The predicted molar refractivity (Wildman–Crippen MR) is 149 cm³/mol. The fourth-order valence-corrected chi connectivity index (χ4v) is 5.65. The number of esters is 1. The highest BCUT2D eigenvalue weighted by atomic mass is 19.4. The zero-order valence-electron chi connectivity index (χ0n) is 22.9. The average molecular weight is 566 g/mol. The van der Waals surface area contributed by atoms with Crippen molar-refractivity contribution in [1.82, 2.24) is 4.90 Å². The second kappa shape index (κ2) is 10.9. The SMILES string of the molecule is COC(=O)C(C(C)C)N1Cc2ccc(-c3ccc(NC(=O)Nc4ccc5c(c4)CCC5)cc3C(F)(F)F)cc2C1=O. The topological polar surface area (TPSA) is 87.7 Å². The third-order valence-corrected chi connectivity index (χ3v) is 7.60. The number of methoxy groups -OCH3 is 1. The van der Waals surface area contributed by atoms with Crippen molar-refractivity contribution in [3.05, 3.63) is 82.4 Å². The van der Waals surface area contributed by atoms with Crippen LogP contribution in [-0.4, -0.2) is 36.0 Å². The zero-order chi connectivity index (χ0) is 29.5. The number of aryl methyl sites for hydroxylation is 2. The highest BCUT2D eigenvalue weighted by Gasteiger charge is 2.39. The molecule has 1 heterocycles. The van der Waals surface area contributed by atoms with Gasteiger partial charge in [-0.05, 0) is 83.3 Å². The Morgan fingerprint density at radius 1 is 0.878 bits per heavy atom. The summed E-state index contributed by atoms with van der Waals surface area (Å²) in [7, 11) is 1.25. The van der Waals surface area contributed by atoms with E-state index in [1.807, 2.05) is 12.1 Å². The van der Waals surface area contributed by atoms with E-state index in [-0.39, 0.29) is 34.8 Å². The van der Waals surface area contributed by atoms with Gasteiger partial charge in [0.05, 0.1) is 12.7 Å². The predicted octanol–water partition coefficient (Wildman–Crippen LogP) is 6.66. The third-order valence-electron chi connectivity index (χ3n) is 7.60. The van der Waals surface area contributed by atoms with Crippen LogP contribution in [0.15, 0.2) is 54.6 Å². The molecule has 2 N–H and O–H groups in total. The summed E-state index contributed by atoms with van der Waals surface area (Å²) in [4.78, 5) is 39.6. The van der Waals surface area contributed by atoms with Gasteiger partial charge in [0.2, 0.25) is 0 Å². The lowest BCUT2D eigenvalue weighted by molar-refractivity contribution is -0.147. The summed E-state index contributed by atoms with van der Waals surface area (Å²) in [5.74, 6) is -1.22. The number of carbonyl (C=O) groups excluding carboxylic acids is 3. The van der Waals surface area contributed by atoms with Crippen LogP contribution < -0.4 is 10.6 Å². The molecule has 2 aliphatic rings. The summed E-state index contributed by atoms with van der Waals surface area (Å²) >= 11 is 0. The van der Waals surface area contributed by atoms with Crippen molar-refractivity contribution in [3.8, 4) is 11.1 Å². The van der Waals surface area contributed by atoms with Gasteiger partial charge in [0.15, 0.2) is 0 Å². The number of ether oxygens (including phenoxy) is 1. The van der Waals surface area contributed by atoms with Crippen molar-refractivity contribution in [3.63, 3.8) is 0 Å². The molecule has 3 aromatic carbocycles. The van der Waals surface area contributed by atoms with E-state index in [4.69, 9.17) is 4.74 Å². The van der Waals surface area contributed by atoms with Crippen LogP contribution in [0.1, 0.15) is 52.9 Å². The van der Waals surface area contributed by atoms with E-state index in [1.165, 1.54) is 41.8 Å². The van der Waals surface area contributed by atoms with Crippen LogP contribution in [0, 0.1) is 5.92 Å². The highest BCUT2D eigenvalue weighted by Crippen LogP contribution is 2.40. The molecule has 3 aromatic rings. The molecule has 0 saturated heterocycles. The number of hydrogen-bond acceptors (Lipinski definition) is 4. The van der Waals surface area contributed by atoms with E-state index in [9.17, 15) is 27.6 Å². The van der Waals surface area contributed by atoms with Crippen molar-refractivity contribution in [2.24, 2.45) is 5.92 Å². The summed E-state index contributed by atoms with van der Waals surface area (Å²) in [6, 6.07) is 12.2. The van der Waals surface area contributed by atoms with Gasteiger partial charge in [-0.2, -0.15) is 13.2 Å². The molecule has 0 aromatic heterocycles. The lowest BCUT2D eigenvalue weighted by Crippen LogP contribution is -2.45. The number of halogens is 3. The van der Waals surface area contributed by atoms with Gasteiger partial charge < -0.3 is 20.3 Å². The van der Waals surface area contributed by atoms with Crippen LogP contribution in [0.25, 0.3) is 11.1 Å². The van der Waals surface area contributed by atoms with Gasteiger partial charge in [-0.1, -0.05) is 38.1 Å². The summed E-state index contributed by atoms with van der Waals surface area (Å²) in [6.45, 7) is 3.74. The molecule has 10 heteroatoms. The quantitative estimate of drug-likeness (QED) is 0.327. The number of urea groups is 1. The molecule has 3 amide bonds. The van der Waals surface area contributed by atoms with E-state index >= 15 is 0 Å². The standard InChI is InChI=1S/C31H30F3N3O4/c1-17(2)27(29(39)41-3)37-16-21-8-7-20(14-25(21)28(37)38)24-12-11-23(15-26(24)31(32,33)34)36-30(40)35-22-10-9-18-5-4-6-19(18)13-22/h7-15,17,27H,4-6,16H2,1-3H3,(H2,35,36,40). The Kier molecular flexibility index (Phi) is 7.50. The van der Waals surface area contributed by atoms with Crippen LogP contribution in [0.3, 0.4) is 0 Å². The van der Waals surface area contributed by atoms with Crippen LogP contribution in [0.2, 0.25) is 0 Å². The molecule has 0 bridgehead atoms. The molecular formula is C31H30F3N3O4. The van der Waals surface area contributed by atoms with Gasteiger partial charge in [-0.15, -0.1) is 0 Å². The Morgan fingerprint density at radius 3 is 2.22 bits per heavy atom. The summed E-state index contributed by atoms with van der Waals surface area (Å²) < 4.78 is 47.5. The number of hydrogen-bond donors (Lipinski definition) is 2. The van der Waals surface area contributed by atoms with E-state index in [0.29, 0.717) is 11.3 Å². The second-order valence-corrected chi connectivity index (χ2v) is 10.7. The number of fused-ring (bicyclic) bond motifs is 2. The van der Waals surface area contributed by atoms with Gasteiger partial charge in [0, 0.05) is 23.5 Å². The minimum atomic E-state index is -4.73. The Morgan fingerprint density at radius 2 is 1.54 bits per heavy atom. The first kappa shape index (κ1) is 28.2. The number of rotatable bonds is 6. The van der Waals surface area contributed by atoms with Crippen LogP contribution in [-0.2, 0) is 35.1 Å². The second-order valence-electron chi connectivity index (χ2n) is 10.7. The van der Waals surface area contributed by atoms with Crippen molar-refractivity contribution < 1.29 is 32.3 Å². The van der Waals surface area contributed by atoms with Crippen molar-refractivity contribution in [2.75, 3.05) is 17.7 Å². The first-order valence-corrected chi connectivity index (χ1v) is 13.4. The fraction of sp³-hybridized carbons (Fsp3) is 0.323. The average Bonchev–Trinajstić information content (AvgIpc) is 3.51. The van der Waals surface area contributed by atoms with Crippen LogP contribution in [0.5, 0.6) is 0 Å². The van der Waals surface area contributed by atoms with Crippen molar-refractivity contribution in [1.29, 1.82) is 0 Å². The molecule has 214 valence electrons. The molecule has 5 rings (SSSR count). The van der Waals surface area contributed by atoms with E-state index in [0.717, 1.165) is 30.9 Å². The first-order chi connectivity index (χ1) is 19.5. The van der Waals surface area contributed by atoms with Crippen LogP contribution in [0.4, 0.5) is 29.3 Å². The van der Waals surface area contributed by atoms with Crippen LogP contribution >= 0.6 is 0 Å². The van der Waals surface area contributed by atoms with Crippen molar-refractivity contribution in [2.45, 2.75) is 51.9 Å². The molecule has 0 spiro atoms. The largest absolute Gasteiger partial charge is 0.467 e. The first-order valence-electron chi connectivity index (χ1n) is 13.4. The molecule has 1 unspecified atom stereocenters. The van der Waals surface area contributed by atoms with Crippen molar-refractivity contribution >= 4 is 29.3 Å². The van der Waals surface area contributed by atoms with E-state index in [1.54, 1.807) is 26.0 Å². The number of nitrogens with zero attached hydrogens (tertiary/aromatic N) is 1. The number of alkyl halides is 3.